The molecule has 32 heavy (non-hydrogen) atoms. The Kier molecular flexibility index (Phi) is 5.73. The highest BCUT2D eigenvalue weighted by Gasteiger charge is 2.36. The summed E-state index contributed by atoms with van der Waals surface area (Å²) in [5, 5.41) is 12.5. The number of anilines is 2. The van der Waals surface area contributed by atoms with E-state index in [0.717, 1.165) is 49.0 Å². The fourth-order valence-corrected chi connectivity index (χ4v) is 4.88. The largest absolute Gasteiger partial charge is 0.354 e. The van der Waals surface area contributed by atoms with Crippen LogP contribution in [0.25, 0.3) is 11.0 Å². The average Bonchev–Trinajstić information content (AvgIpc) is 3.48. The summed E-state index contributed by atoms with van der Waals surface area (Å²) < 4.78 is 2.03. The first kappa shape index (κ1) is 21.2. The van der Waals surface area contributed by atoms with E-state index in [9.17, 15) is 4.79 Å². The van der Waals surface area contributed by atoms with E-state index >= 15 is 0 Å². The summed E-state index contributed by atoms with van der Waals surface area (Å²) in [5.41, 5.74) is 2.92. The molecule has 0 bridgehead atoms. The summed E-state index contributed by atoms with van der Waals surface area (Å²) in [4.78, 5) is 24.7. The molecule has 1 amide bonds. The minimum absolute atomic E-state index is 0.102. The highest BCUT2D eigenvalue weighted by Crippen LogP contribution is 2.40. The van der Waals surface area contributed by atoms with E-state index in [-0.39, 0.29) is 5.91 Å². The topological polar surface area (TPSA) is 88.0 Å². The minimum Gasteiger partial charge on any atom is -0.354 e. The molecule has 5 rings (SSSR count). The maximum atomic E-state index is 13.0. The van der Waals surface area contributed by atoms with Crippen molar-refractivity contribution in [1.29, 1.82) is 0 Å². The van der Waals surface area contributed by atoms with Crippen LogP contribution in [0.3, 0.4) is 0 Å². The molecule has 8 nitrogen and oxygen atoms in total. The zero-order valence-electron chi connectivity index (χ0n) is 18.4. The third-order valence-corrected chi connectivity index (χ3v) is 6.54. The first-order valence-electron chi connectivity index (χ1n) is 11.3. The Bertz CT molecular complexity index is 1150. The number of carbonyl (C=O) groups is 1. The molecule has 1 aliphatic carbocycles. The van der Waals surface area contributed by atoms with Crippen LogP contribution in [-0.4, -0.2) is 57.7 Å². The maximum Gasteiger partial charge on any atom is 0.238 e. The quantitative estimate of drug-likeness (QED) is 0.525. The zero-order valence-corrected chi connectivity index (χ0v) is 19.2. The van der Waals surface area contributed by atoms with Crippen LogP contribution in [0.1, 0.15) is 55.3 Å². The lowest BCUT2D eigenvalue weighted by Crippen LogP contribution is -2.18. The summed E-state index contributed by atoms with van der Waals surface area (Å²) in [5.74, 6) is -0.140. The predicted octanol–water partition coefficient (Wildman–Crippen LogP) is 4.04. The number of nitrogens with one attached hydrogen (secondary N) is 2. The van der Waals surface area contributed by atoms with Crippen molar-refractivity contribution in [1.82, 2.24) is 24.6 Å². The van der Waals surface area contributed by atoms with Crippen LogP contribution < -0.4 is 10.6 Å². The van der Waals surface area contributed by atoms with Crippen LogP contribution in [0.4, 0.5) is 11.6 Å². The second-order valence-corrected chi connectivity index (χ2v) is 9.39. The summed E-state index contributed by atoms with van der Waals surface area (Å²) >= 11 is 6.27. The van der Waals surface area contributed by atoms with Gasteiger partial charge in [0.15, 0.2) is 5.65 Å². The lowest BCUT2D eigenvalue weighted by molar-refractivity contribution is -0.116. The first-order chi connectivity index (χ1) is 15.5. The monoisotopic (exact) mass is 453 g/mol. The van der Waals surface area contributed by atoms with E-state index in [1.165, 1.54) is 12.8 Å². The number of carbonyl (C=O) groups excluding carboxylic acids is 1. The van der Waals surface area contributed by atoms with Gasteiger partial charge in [0, 0.05) is 23.5 Å². The van der Waals surface area contributed by atoms with Crippen molar-refractivity contribution in [3.8, 4) is 0 Å². The second kappa shape index (κ2) is 8.67. The zero-order chi connectivity index (χ0) is 22.2. The third-order valence-electron chi connectivity index (χ3n) is 6.31. The van der Waals surface area contributed by atoms with Gasteiger partial charge < -0.3 is 15.5 Å². The summed E-state index contributed by atoms with van der Waals surface area (Å²) in [7, 11) is 4.11. The number of nitrogens with zero attached hydrogens (tertiary/aromatic N) is 5. The number of benzene rings is 1. The molecule has 3 heterocycles. The Labute approximate surface area is 192 Å². The molecule has 168 valence electrons. The Balaban J connectivity index is 1.56. The lowest BCUT2D eigenvalue weighted by Gasteiger charge is -2.13. The summed E-state index contributed by atoms with van der Waals surface area (Å²) in [6, 6.07) is 5.86. The first-order valence-corrected chi connectivity index (χ1v) is 11.6. The van der Waals surface area contributed by atoms with Crippen LogP contribution >= 0.6 is 11.6 Å². The molecular weight excluding hydrogens is 426 g/mol. The van der Waals surface area contributed by atoms with E-state index in [1.807, 2.05) is 23.0 Å². The number of hydrogen-bond donors (Lipinski definition) is 2. The molecule has 0 radical (unpaired) electrons. The van der Waals surface area contributed by atoms with Gasteiger partial charge in [-0.15, -0.1) is 0 Å². The number of fused-ring (bicyclic) bond motifs is 2. The van der Waals surface area contributed by atoms with Gasteiger partial charge in [-0.2, -0.15) is 10.1 Å². The molecule has 1 aliphatic heterocycles. The van der Waals surface area contributed by atoms with Crippen molar-refractivity contribution < 1.29 is 4.79 Å². The van der Waals surface area contributed by atoms with E-state index in [1.54, 1.807) is 6.07 Å². The number of amides is 1. The average molecular weight is 454 g/mol. The van der Waals surface area contributed by atoms with Gasteiger partial charge in [-0.3, -0.25) is 9.48 Å². The highest BCUT2D eigenvalue weighted by atomic mass is 35.5. The number of rotatable bonds is 7. The Morgan fingerprint density at radius 2 is 2.06 bits per heavy atom. The molecule has 3 aromatic rings. The van der Waals surface area contributed by atoms with Gasteiger partial charge in [-0.05, 0) is 63.7 Å². The van der Waals surface area contributed by atoms with Gasteiger partial charge in [-0.1, -0.05) is 24.4 Å². The fraction of sp³-hybridized carbons (Fsp3) is 0.478. The minimum atomic E-state index is -0.544. The molecule has 1 saturated carbocycles. The van der Waals surface area contributed by atoms with Gasteiger partial charge in [0.25, 0.3) is 0 Å². The SMILES string of the molecule is CN(C)CCCNc1nc(C2C(=O)Nc3ccc(Cl)cc32)c2cn(C3CCCC3)nc2n1. The van der Waals surface area contributed by atoms with Crippen molar-refractivity contribution in [2.24, 2.45) is 0 Å². The smallest absolute Gasteiger partial charge is 0.238 e. The van der Waals surface area contributed by atoms with Crippen LogP contribution in [0.5, 0.6) is 0 Å². The summed E-state index contributed by atoms with van der Waals surface area (Å²) in [6.45, 7) is 1.71. The molecule has 9 heteroatoms. The number of hydrogen-bond acceptors (Lipinski definition) is 6. The van der Waals surface area contributed by atoms with Crippen LogP contribution in [0.15, 0.2) is 24.4 Å². The fourth-order valence-electron chi connectivity index (χ4n) is 4.70. The van der Waals surface area contributed by atoms with Crippen molar-refractivity contribution >= 4 is 40.2 Å². The molecule has 1 aromatic carbocycles. The van der Waals surface area contributed by atoms with E-state index in [0.29, 0.717) is 28.4 Å². The Morgan fingerprint density at radius 1 is 1.25 bits per heavy atom. The van der Waals surface area contributed by atoms with Gasteiger partial charge in [-0.25, -0.2) is 4.98 Å². The Hall–Kier alpha value is -2.71. The molecular formula is C23H28ClN7O. The molecule has 0 saturated heterocycles. The molecule has 2 aromatic heterocycles. The highest BCUT2D eigenvalue weighted by molar-refractivity contribution is 6.31. The van der Waals surface area contributed by atoms with Gasteiger partial charge in [0.1, 0.15) is 5.92 Å². The third kappa shape index (κ3) is 4.04. The van der Waals surface area contributed by atoms with E-state index in [2.05, 4.69) is 34.6 Å². The normalized spacial score (nSPS) is 18.5. The molecule has 1 unspecified atom stereocenters. The van der Waals surface area contributed by atoms with Gasteiger partial charge in [0.2, 0.25) is 11.9 Å². The van der Waals surface area contributed by atoms with Crippen LogP contribution in [0.2, 0.25) is 5.02 Å². The molecule has 0 spiro atoms. The van der Waals surface area contributed by atoms with Crippen LogP contribution in [0, 0.1) is 0 Å². The van der Waals surface area contributed by atoms with Crippen molar-refractivity contribution in [2.75, 3.05) is 37.8 Å². The molecule has 2 aliphatic rings. The van der Waals surface area contributed by atoms with E-state index in [4.69, 9.17) is 21.7 Å². The second-order valence-electron chi connectivity index (χ2n) is 8.95. The number of halogens is 1. The standard InChI is InChI=1S/C23H28ClN7O/c1-30(2)11-5-10-25-23-27-20(19-16-12-14(24)8-9-18(16)26-22(19)32)17-13-31(29-21(17)28-23)15-6-3-4-7-15/h8-9,12-13,15,19H,3-7,10-11H2,1-2H3,(H,26,32)(H,25,28,29). The molecule has 1 fully saturated rings. The van der Waals surface area contributed by atoms with Crippen LogP contribution in [-0.2, 0) is 4.79 Å². The van der Waals surface area contributed by atoms with Crippen molar-refractivity contribution in [2.45, 2.75) is 44.1 Å². The molecule has 1 atom stereocenters. The van der Waals surface area contributed by atoms with E-state index < -0.39 is 5.92 Å². The maximum absolute atomic E-state index is 13.0. The molecule has 2 N–H and O–H groups in total. The summed E-state index contributed by atoms with van der Waals surface area (Å²) in [6.07, 6.45) is 7.66. The lowest BCUT2D eigenvalue weighted by atomic mass is 9.95. The van der Waals surface area contributed by atoms with Gasteiger partial charge in [0.05, 0.1) is 17.1 Å². The Morgan fingerprint density at radius 3 is 2.84 bits per heavy atom. The van der Waals surface area contributed by atoms with Crippen molar-refractivity contribution in [3.05, 3.63) is 40.7 Å². The number of aromatic nitrogens is 4. The van der Waals surface area contributed by atoms with Crippen molar-refractivity contribution in [3.63, 3.8) is 0 Å². The predicted molar refractivity (Wildman–Crippen MR) is 126 cm³/mol. The van der Waals surface area contributed by atoms with Gasteiger partial charge >= 0.3 is 0 Å².